The predicted octanol–water partition coefficient (Wildman–Crippen LogP) is 11.5. The number of nitrogens with one attached hydrogen (secondary N) is 2. The maximum absolute atomic E-state index is 13.0. The lowest BCUT2D eigenvalue weighted by Crippen LogP contribution is -2.48. The van der Waals surface area contributed by atoms with Gasteiger partial charge in [0.1, 0.15) is 5.54 Å². The largest absolute Gasteiger partial charge is 0.416 e. The van der Waals surface area contributed by atoms with Gasteiger partial charge in [0, 0.05) is 33.4 Å². The molecule has 4 aromatic carbocycles. The van der Waals surface area contributed by atoms with E-state index >= 15 is 0 Å². The average molecular weight is 1000 g/mol. The van der Waals surface area contributed by atoms with Crippen LogP contribution < -0.4 is 16.4 Å². The van der Waals surface area contributed by atoms with Gasteiger partial charge in [-0.15, -0.1) is 0 Å². The Morgan fingerprint density at radius 2 is 1.09 bits per heavy atom. The highest BCUT2D eigenvalue weighted by Gasteiger charge is 2.42. The topological polar surface area (TPSA) is 81.0 Å². The van der Waals surface area contributed by atoms with Crippen LogP contribution in [-0.4, -0.2) is 68.5 Å². The first-order valence-corrected chi connectivity index (χ1v) is 21.3. The standard InChI is InChI=1S/C20H18F6N2OS.C19H20F6N2O.C4H8O.C3H6S/c1-28-11-18(27-17(28)30,14-5-3-2-4-6-14)12-29-10-13-7-15(19(21,22)23)9-16(8-13)20(24,25)26;1-27-11-17(26,14-5-3-2-4-6-14)12-28-10-13-7-15(18(20,21)22)9-16(8-13)19(23,24)25;1-2-4-5-3-1;1-3(2)4/h2-9H,10-12H2,1H3,(H,27,30);2-9,27H,10-12,26H2,1H3;1-4H2;1-2H3/t18-;17-;;/m11../s1. The van der Waals surface area contributed by atoms with Gasteiger partial charge in [0.2, 0.25) is 0 Å². The summed E-state index contributed by atoms with van der Waals surface area (Å²) in [5.41, 5.74) is 0.222. The van der Waals surface area contributed by atoms with Gasteiger partial charge in [0.25, 0.3) is 0 Å². The van der Waals surface area contributed by atoms with E-state index in [1.54, 1.807) is 49.3 Å². The smallest absolute Gasteiger partial charge is 0.381 e. The van der Waals surface area contributed by atoms with E-state index in [-0.39, 0.29) is 36.5 Å². The van der Waals surface area contributed by atoms with Gasteiger partial charge in [0.05, 0.1) is 54.2 Å². The molecular formula is C46H52F12N4O3S2. The molecule has 0 bridgehead atoms. The second-order valence-corrected chi connectivity index (χ2v) is 17.0. The van der Waals surface area contributed by atoms with Crippen molar-refractivity contribution in [3.63, 3.8) is 0 Å². The fraction of sp³-hybridized carbons (Fsp3) is 0.435. The maximum atomic E-state index is 13.0. The number of hydrogen-bond donors (Lipinski definition) is 3. The summed E-state index contributed by atoms with van der Waals surface area (Å²) in [7, 11) is 3.45. The molecular weight excluding hydrogens is 949 g/mol. The lowest BCUT2D eigenvalue weighted by molar-refractivity contribution is -0.144. The van der Waals surface area contributed by atoms with Gasteiger partial charge in [-0.2, -0.15) is 52.7 Å². The van der Waals surface area contributed by atoms with E-state index in [1.807, 2.05) is 44.2 Å². The van der Waals surface area contributed by atoms with Crippen LogP contribution in [-0.2, 0) is 63.2 Å². The van der Waals surface area contributed by atoms with Crippen LogP contribution in [0.3, 0.4) is 0 Å². The number of benzene rings is 4. The predicted molar refractivity (Wildman–Crippen MR) is 239 cm³/mol. The highest BCUT2D eigenvalue weighted by molar-refractivity contribution is 7.80. The molecule has 0 amide bonds. The third-order valence-corrected chi connectivity index (χ3v) is 10.1. The molecule has 4 N–H and O–H groups in total. The molecule has 7 nitrogen and oxygen atoms in total. The number of thiocarbonyl (C=S) groups is 2. The molecule has 6 rings (SSSR count). The van der Waals surface area contributed by atoms with E-state index in [9.17, 15) is 52.7 Å². The van der Waals surface area contributed by atoms with Crippen LogP contribution in [0.25, 0.3) is 0 Å². The van der Waals surface area contributed by atoms with Gasteiger partial charge >= 0.3 is 24.7 Å². The highest BCUT2D eigenvalue weighted by atomic mass is 32.1. The molecule has 0 radical (unpaired) electrons. The molecule has 2 saturated heterocycles. The van der Waals surface area contributed by atoms with Crippen LogP contribution in [0, 0.1) is 0 Å². The molecule has 0 spiro atoms. The van der Waals surface area contributed by atoms with Gasteiger partial charge in [0.15, 0.2) is 5.11 Å². The third kappa shape index (κ3) is 18.6. The molecule has 2 heterocycles. The van der Waals surface area contributed by atoms with Crippen LogP contribution >= 0.6 is 24.4 Å². The molecule has 21 heteroatoms. The summed E-state index contributed by atoms with van der Waals surface area (Å²) in [5.74, 6) is 0. The number of alkyl halides is 12. The van der Waals surface area contributed by atoms with Crippen molar-refractivity contribution in [2.75, 3.05) is 53.6 Å². The molecule has 2 atom stereocenters. The lowest BCUT2D eigenvalue weighted by Gasteiger charge is -2.30. The van der Waals surface area contributed by atoms with E-state index in [2.05, 4.69) is 22.9 Å². The summed E-state index contributed by atoms with van der Waals surface area (Å²) in [6.07, 6.45) is -17.0. The summed E-state index contributed by atoms with van der Waals surface area (Å²) < 4.78 is 172. The van der Waals surface area contributed by atoms with E-state index in [1.165, 1.54) is 12.8 Å². The SMILES string of the molecule is C1CCOC1.CC(C)=S.CN1C[C@@](COCc2cc(C(F)(F)F)cc(C(F)(F)F)c2)(c2ccccc2)NC1=S.CNC[C@@](N)(COCc1cc(C(F)(F)F)cc(C(F)(F)F)c1)c1ccccc1. The molecule has 0 unspecified atom stereocenters. The highest BCUT2D eigenvalue weighted by Crippen LogP contribution is 2.38. The van der Waals surface area contributed by atoms with Crippen LogP contribution in [0.2, 0.25) is 0 Å². The van der Waals surface area contributed by atoms with Gasteiger partial charge in [-0.3, -0.25) is 0 Å². The van der Waals surface area contributed by atoms with Crippen molar-refractivity contribution >= 4 is 34.4 Å². The summed E-state index contributed by atoms with van der Waals surface area (Å²) >= 11 is 9.80. The number of rotatable bonds is 12. The van der Waals surface area contributed by atoms with Crippen molar-refractivity contribution in [2.45, 2.75) is 75.7 Å². The van der Waals surface area contributed by atoms with Crippen molar-refractivity contribution < 1.29 is 66.9 Å². The van der Waals surface area contributed by atoms with Crippen LogP contribution in [0.4, 0.5) is 52.7 Å². The Hall–Kier alpha value is -4.38. The molecule has 2 aliphatic rings. The average Bonchev–Trinajstić information content (AvgIpc) is 3.92. The Kier molecular flexibility index (Phi) is 21.0. The molecule has 0 aromatic heterocycles. The maximum Gasteiger partial charge on any atom is 0.416 e. The molecule has 370 valence electrons. The number of ether oxygens (including phenoxy) is 3. The first-order chi connectivity index (χ1) is 31.1. The Morgan fingerprint density at radius 1 is 0.687 bits per heavy atom. The summed E-state index contributed by atoms with van der Waals surface area (Å²) in [5, 5.41) is 6.55. The second kappa shape index (κ2) is 24.8. The quantitative estimate of drug-likeness (QED) is 0.0950. The van der Waals surface area contributed by atoms with Crippen molar-refractivity contribution in [1.82, 2.24) is 15.5 Å². The summed E-state index contributed by atoms with van der Waals surface area (Å²) in [6, 6.07) is 20.9. The van der Waals surface area contributed by atoms with E-state index in [0.717, 1.165) is 29.2 Å². The summed E-state index contributed by atoms with van der Waals surface area (Å²) in [4.78, 5) is 2.79. The molecule has 0 aliphatic carbocycles. The van der Waals surface area contributed by atoms with Gasteiger partial charge < -0.3 is 35.5 Å². The molecule has 2 aliphatic heterocycles. The van der Waals surface area contributed by atoms with Crippen LogP contribution in [0.5, 0.6) is 0 Å². The zero-order chi connectivity index (χ0) is 50.3. The molecule has 0 saturated carbocycles. The first-order valence-electron chi connectivity index (χ1n) is 20.4. The van der Waals surface area contributed by atoms with Gasteiger partial charge in [-0.25, -0.2) is 0 Å². The third-order valence-electron chi connectivity index (χ3n) is 9.74. The minimum Gasteiger partial charge on any atom is -0.381 e. The Morgan fingerprint density at radius 3 is 1.43 bits per heavy atom. The van der Waals surface area contributed by atoms with E-state index < -0.39 is 71.3 Å². The number of halogens is 12. The van der Waals surface area contributed by atoms with E-state index in [4.69, 9.17) is 32.2 Å². The van der Waals surface area contributed by atoms with Crippen molar-refractivity contribution in [1.29, 1.82) is 0 Å². The zero-order valence-corrected chi connectivity index (χ0v) is 38.5. The summed E-state index contributed by atoms with van der Waals surface area (Å²) in [6.45, 7) is 5.57. The fourth-order valence-corrected chi connectivity index (χ4v) is 6.89. The van der Waals surface area contributed by atoms with Crippen molar-refractivity contribution in [3.8, 4) is 0 Å². The number of nitrogens with zero attached hydrogens (tertiary/aromatic N) is 1. The lowest BCUT2D eigenvalue weighted by atomic mass is 9.91. The monoisotopic (exact) mass is 1000 g/mol. The second-order valence-electron chi connectivity index (χ2n) is 15.8. The minimum absolute atomic E-state index is 0.000903. The minimum atomic E-state index is -4.90. The Labute approximate surface area is 392 Å². The first kappa shape index (κ1) is 56.9. The number of likely N-dealkylation sites (N-methyl/N-ethyl adjacent to an activating group) is 2. The van der Waals surface area contributed by atoms with Crippen LogP contribution in [0.15, 0.2) is 97.1 Å². The molecule has 67 heavy (non-hydrogen) atoms. The van der Waals surface area contributed by atoms with E-state index in [0.29, 0.717) is 42.5 Å². The van der Waals surface area contributed by atoms with Crippen molar-refractivity contribution in [3.05, 3.63) is 142 Å². The Balaban J connectivity index is 0.000000300. The van der Waals surface area contributed by atoms with Gasteiger partial charge in [-0.05, 0) is 109 Å². The fourth-order valence-electron chi connectivity index (χ4n) is 6.63. The number of nitrogens with two attached hydrogens (primary N) is 1. The molecule has 2 fully saturated rings. The molecule has 4 aromatic rings. The normalized spacial score (nSPS) is 17.2. The van der Waals surface area contributed by atoms with Gasteiger partial charge in [-0.1, -0.05) is 72.9 Å². The number of hydrogen-bond acceptors (Lipinski definition) is 7. The van der Waals surface area contributed by atoms with Crippen LogP contribution in [0.1, 0.15) is 71.2 Å². The van der Waals surface area contributed by atoms with Crippen molar-refractivity contribution in [2.24, 2.45) is 5.73 Å². The Bertz CT molecular complexity index is 2100. The zero-order valence-electron chi connectivity index (χ0n) is 36.9.